The van der Waals surface area contributed by atoms with Crippen LogP contribution in [0.5, 0.6) is 11.5 Å². The fraction of sp³-hybridized carbons (Fsp3) is 0.556. The molecule has 0 saturated carbocycles. The van der Waals surface area contributed by atoms with Crippen LogP contribution in [-0.4, -0.2) is 50.4 Å². The van der Waals surface area contributed by atoms with E-state index in [1.165, 1.54) is 0 Å². The summed E-state index contributed by atoms with van der Waals surface area (Å²) >= 11 is 2.27. The van der Waals surface area contributed by atoms with E-state index in [-0.39, 0.29) is 17.5 Å². The van der Waals surface area contributed by atoms with E-state index in [0.717, 1.165) is 82.5 Å². The lowest BCUT2D eigenvalue weighted by molar-refractivity contribution is -0.117. The molecule has 3 aliphatic rings. The maximum absolute atomic E-state index is 13.4. The van der Waals surface area contributed by atoms with Crippen LogP contribution in [0.3, 0.4) is 0 Å². The second-order valence-corrected chi connectivity index (χ2v) is 10.2. The van der Waals surface area contributed by atoms with Crippen molar-refractivity contribution in [2.75, 3.05) is 34.0 Å². The highest BCUT2D eigenvalue weighted by Crippen LogP contribution is 2.50. The minimum atomic E-state index is -0.341. The molecule has 0 bridgehead atoms. The summed E-state index contributed by atoms with van der Waals surface area (Å²) in [6.45, 7) is 4.09. The van der Waals surface area contributed by atoms with Crippen molar-refractivity contribution < 1.29 is 23.8 Å². The minimum Gasteiger partial charge on any atom is -0.493 e. The predicted molar refractivity (Wildman–Crippen MR) is 139 cm³/mol. The van der Waals surface area contributed by atoms with Crippen LogP contribution >= 0.6 is 22.6 Å². The summed E-state index contributed by atoms with van der Waals surface area (Å²) in [5.74, 6) is 1.35. The van der Waals surface area contributed by atoms with Gasteiger partial charge in [0.2, 0.25) is 0 Å². The molecule has 1 aromatic rings. The number of rotatable bonds is 9. The summed E-state index contributed by atoms with van der Waals surface area (Å²) in [7, 11) is 3.35. The van der Waals surface area contributed by atoms with Crippen LogP contribution in [0.4, 0.5) is 0 Å². The van der Waals surface area contributed by atoms with Gasteiger partial charge in [-0.05, 0) is 78.8 Å². The third-order valence-electron chi connectivity index (χ3n) is 6.85. The number of carbonyl (C=O) groups excluding carboxylic acids is 2. The van der Waals surface area contributed by atoms with Crippen LogP contribution in [0, 0.1) is 3.57 Å². The van der Waals surface area contributed by atoms with Crippen LogP contribution in [-0.2, 0) is 14.3 Å². The Labute approximate surface area is 215 Å². The molecule has 0 spiro atoms. The van der Waals surface area contributed by atoms with E-state index in [1.807, 2.05) is 6.07 Å². The van der Waals surface area contributed by atoms with Crippen LogP contribution in [0.2, 0.25) is 0 Å². The lowest BCUT2D eigenvalue weighted by atomic mass is 9.71. The highest BCUT2D eigenvalue weighted by atomic mass is 127. The second kappa shape index (κ2) is 11.2. The molecule has 0 unspecified atom stereocenters. The van der Waals surface area contributed by atoms with E-state index >= 15 is 0 Å². The molecule has 1 heterocycles. The molecule has 34 heavy (non-hydrogen) atoms. The first-order chi connectivity index (χ1) is 16.5. The second-order valence-electron chi connectivity index (χ2n) is 9.09. The van der Waals surface area contributed by atoms with Gasteiger partial charge < -0.3 is 19.1 Å². The Morgan fingerprint density at radius 2 is 1.62 bits per heavy atom. The Hall–Kier alpha value is -1.87. The predicted octanol–water partition coefficient (Wildman–Crippen LogP) is 5.54. The number of methoxy groups -OCH3 is 2. The monoisotopic (exact) mass is 579 g/mol. The van der Waals surface area contributed by atoms with Crippen molar-refractivity contribution >= 4 is 34.2 Å². The SMILES string of the molecule is CCCOc1c(I)cc(C2C3=C(CCCC3=O)N(CCCOC)C3=C2C(=O)CCC3)cc1OC. The molecule has 0 amide bonds. The number of halogens is 1. The van der Waals surface area contributed by atoms with Gasteiger partial charge in [-0.3, -0.25) is 9.59 Å². The molecule has 0 aromatic heterocycles. The van der Waals surface area contributed by atoms with Gasteiger partial charge in [0.1, 0.15) is 0 Å². The maximum Gasteiger partial charge on any atom is 0.174 e. The zero-order valence-corrected chi connectivity index (χ0v) is 22.5. The van der Waals surface area contributed by atoms with Crippen LogP contribution in [0.15, 0.2) is 34.7 Å². The third kappa shape index (κ3) is 4.78. The Morgan fingerprint density at radius 3 is 2.18 bits per heavy atom. The zero-order chi connectivity index (χ0) is 24.2. The summed E-state index contributed by atoms with van der Waals surface area (Å²) in [4.78, 5) is 29.1. The molecule has 1 aliphatic heterocycles. The Morgan fingerprint density at radius 1 is 0.971 bits per heavy atom. The lowest BCUT2D eigenvalue weighted by Crippen LogP contribution is -2.39. The third-order valence-corrected chi connectivity index (χ3v) is 7.65. The molecule has 0 atom stereocenters. The standard InChI is InChI=1S/C27H34INO5/c1-4-13-34-27-18(28)15-17(16-23(27)33-3)24-25-19(8-5-10-21(25)30)29(12-7-14-32-2)20-9-6-11-22(31)26(20)24/h15-16,24H,4-14H2,1-3H3. The van der Waals surface area contributed by atoms with Gasteiger partial charge in [-0.1, -0.05) is 6.92 Å². The topological polar surface area (TPSA) is 65.1 Å². The molecule has 6 nitrogen and oxygen atoms in total. The molecule has 4 rings (SSSR count). The van der Waals surface area contributed by atoms with E-state index in [2.05, 4.69) is 40.5 Å². The number of allylic oxidation sites excluding steroid dienone is 4. The number of hydrogen-bond donors (Lipinski definition) is 0. The number of nitrogens with zero attached hydrogens (tertiary/aromatic N) is 1. The molecular formula is C27H34INO5. The highest BCUT2D eigenvalue weighted by Gasteiger charge is 2.43. The van der Waals surface area contributed by atoms with Crippen molar-refractivity contribution in [2.45, 2.75) is 64.2 Å². The van der Waals surface area contributed by atoms with Gasteiger partial charge in [0.15, 0.2) is 23.1 Å². The van der Waals surface area contributed by atoms with Crippen molar-refractivity contribution in [2.24, 2.45) is 0 Å². The number of carbonyl (C=O) groups is 2. The fourth-order valence-corrected chi connectivity index (χ4v) is 6.22. The number of hydrogen-bond acceptors (Lipinski definition) is 6. The molecule has 0 fully saturated rings. The number of Topliss-reactive ketones (excluding diaryl/α,β-unsaturated/α-hetero) is 2. The van der Waals surface area contributed by atoms with Gasteiger partial charge in [0.05, 0.1) is 17.3 Å². The smallest absolute Gasteiger partial charge is 0.174 e. The van der Waals surface area contributed by atoms with E-state index in [9.17, 15) is 9.59 Å². The molecule has 0 saturated heterocycles. The first-order valence-corrected chi connectivity index (χ1v) is 13.4. The molecule has 2 aliphatic carbocycles. The quantitative estimate of drug-likeness (QED) is 0.283. The summed E-state index contributed by atoms with van der Waals surface area (Å²) in [6.07, 6.45) is 6.25. The average Bonchev–Trinajstić information content (AvgIpc) is 2.83. The van der Waals surface area contributed by atoms with E-state index in [4.69, 9.17) is 14.2 Å². The number of benzene rings is 1. The van der Waals surface area contributed by atoms with Crippen LogP contribution in [0.25, 0.3) is 0 Å². The lowest BCUT2D eigenvalue weighted by Gasteiger charge is -2.44. The molecule has 0 radical (unpaired) electrons. The van der Waals surface area contributed by atoms with Crippen LogP contribution < -0.4 is 9.47 Å². The Bertz CT molecular complexity index is 984. The van der Waals surface area contributed by atoms with Gasteiger partial charge in [0.25, 0.3) is 0 Å². The van der Waals surface area contributed by atoms with Gasteiger partial charge in [-0.25, -0.2) is 0 Å². The van der Waals surface area contributed by atoms with E-state index in [1.54, 1.807) is 14.2 Å². The highest BCUT2D eigenvalue weighted by molar-refractivity contribution is 14.1. The van der Waals surface area contributed by atoms with Crippen molar-refractivity contribution in [1.29, 1.82) is 0 Å². The number of ketones is 2. The largest absolute Gasteiger partial charge is 0.493 e. The first-order valence-electron chi connectivity index (χ1n) is 12.3. The summed E-state index contributed by atoms with van der Waals surface area (Å²) < 4.78 is 17.9. The average molecular weight is 579 g/mol. The Kier molecular flexibility index (Phi) is 8.34. The van der Waals surface area contributed by atoms with E-state index < -0.39 is 0 Å². The van der Waals surface area contributed by atoms with Crippen LogP contribution in [0.1, 0.15) is 69.8 Å². The molecule has 1 aromatic carbocycles. The van der Waals surface area contributed by atoms with Crippen molar-refractivity contribution in [3.8, 4) is 11.5 Å². The van der Waals surface area contributed by atoms with Gasteiger partial charge in [-0.2, -0.15) is 0 Å². The van der Waals surface area contributed by atoms with Crippen molar-refractivity contribution in [3.05, 3.63) is 43.8 Å². The van der Waals surface area contributed by atoms with Gasteiger partial charge in [-0.15, -0.1) is 0 Å². The molecular weight excluding hydrogens is 545 g/mol. The van der Waals surface area contributed by atoms with Crippen molar-refractivity contribution in [3.63, 3.8) is 0 Å². The summed E-state index contributed by atoms with van der Waals surface area (Å²) in [5.41, 5.74) is 4.75. The molecule has 184 valence electrons. The maximum atomic E-state index is 13.4. The normalized spacial score (nSPS) is 18.9. The molecule has 7 heteroatoms. The summed E-state index contributed by atoms with van der Waals surface area (Å²) in [5, 5.41) is 0. The Balaban J connectivity index is 1.87. The van der Waals surface area contributed by atoms with Gasteiger partial charge >= 0.3 is 0 Å². The minimum absolute atomic E-state index is 0.160. The van der Waals surface area contributed by atoms with Gasteiger partial charge in [0, 0.05) is 61.6 Å². The zero-order valence-electron chi connectivity index (χ0n) is 20.4. The molecule has 0 N–H and O–H groups in total. The van der Waals surface area contributed by atoms with E-state index in [0.29, 0.717) is 31.8 Å². The fourth-order valence-electron chi connectivity index (χ4n) is 5.44. The summed E-state index contributed by atoms with van der Waals surface area (Å²) in [6, 6.07) is 4.04. The van der Waals surface area contributed by atoms with Crippen molar-refractivity contribution in [1.82, 2.24) is 4.90 Å². The first kappa shape index (κ1) is 25.2. The number of ether oxygens (including phenoxy) is 3.